The van der Waals surface area contributed by atoms with Crippen molar-refractivity contribution in [2.24, 2.45) is 0 Å². The first-order valence-corrected chi connectivity index (χ1v) is 30.9. The van der Waals surface area contributed by atoms with Crippen molar-refractivity contribution in [1.82, 2.24) is 5.32 Å². The molecule has 0 aromatic rings. The van der Waals surface area contributed by atoms with Crippen LogP contribution in [0.1, 0.15) is 290 Å². The Kier molecular flexibility index (Phi) is 49.8. The molecule has 9 heteroatoms. The molecule has 1 aliphatic heterocycles. The van der Waals surface area contributed by atoms with Gasteiger partial charge in [-0.25, -0.2) is 0 Å². The molecule has 7 atom stereocenters. The van der Waals surface area contributed by atoms with Crippen LogP contribution in [0.3, 0.4) is 0 Å². The van der Waals surface area contributed by atoms with Crippen molar-refractivity contribution in [3.63, 3.8) is 0 Å². The van der Waals surface area contributed by atoms with Crippen molar-refractivity contribution in [1.29, 1.82) is 0 Å². The second-order valence-corrected chi connectivity index (χ2v) is 21.5. The van der Waals surface area contributed by atoms with Gasteiger partial charge in [0.15, 0.2) is 6.29 Å². The van der Waals surface area contributed by atoms with E-state index in [1.807, 2.05) is 6.08 Å². The topological polar surface area (TPSA) is 149 Å². The Morgan fingerprint density at radius 2 is 0.792 bits per heavy atom. The van der Waals surface area contributed by atoms with Crippen LogP contribution in [0.5, 0.6) is 0 Å². The van der Waals surface area contributed by atoms with Gasteiger partial charge < -0.3 is 40.3 Å². The van der Waals surface area contributed by atoms with Crippen LogP contribution in [0.2, 0.25) is 0 Å². The maximum atomic E-state index is 13.1. The van der Waals surface area contributed by atoms with Crippen LogP contribution in [-0.4, -0.2) is 87.5 Å². The second-order valence-electron chi connectivity index (χ2n) is 21.5. The van der Waals surface area contributed by atoms with E-state index in [1.165, 1.54) is 225 Å². The summed E-state index contributed by atoms with van der Waals surface area (Å²) < 4.78 is 11.3. The van der Waals surface area contributed by atoms with E-state index < -0.39 is 49.5 Å². The van der Waals surface area contributed by atoms with Crippen molar-refractivity contribution < 1.29 is 39.8 Å². The molecule has 0 aromatic carbocycles. The van der Waals surface area contributed by atoms with E-state index in [0.29, 0.717) is 6.42 Å². The predicted octanol–water partition coefficient (Wildman–Crippen LogP) is 15.7. The van der Waals surface area contributed by atoms with E-state index >= 15 is 0 Å². The Morgan fingerprint density at radius 1 is 0.458 bits per heavy atom. The first-order valence-electron chi connectivity index (χ1n) is 30.9. The van der Waals surface area contributed by atoms with Crippen molar-refractivity contribution in [2.75, 3.05) is 13.2 Å². The van der Waals surface area contributed by atoms with Crippen molar-refractivity contribution >= 4 is 5.91 Å². The van der Waals surface area contributed by atoms with E-state index in [1.54, 1.807) is 6.08 Å². The predicted molar refractivity (Wildman–Crippen MR) is 304 cm³/mol. The molecule has 0 bridgehead atoms. The quantitative estimate of drug-likeness (QED) is 0.0261. The van der Waals surface area contributed by atoms with E-state index in [4.69, 9.17) is 9.47 Å². The minimum Gasteiger partial charge on any atom is -0.394 e. The average molecular weight is 1020 g/mol. The number of amides is 1. The maximum absolute atomic E-state index is 13.1. The van der Waals surface area contributed by atoms with Crippen LogP contribution in [0.4, 0.5) is 0 Å². The molecule has 6 N–H and O–H groups in total. The van der Waals surface area contributed by atoms with Crippen molar-refractivity contribution in [3.05, 3.63) is 48.6 Å². The summed E-state index contributed by atoms with van der Waals surface area (Å²) in [6.45, 7) is 3.78. The van der Waals surface area contributed by atoms with Gasteiger partial charge >= 0.3 is 0 Å². The molecule has 72 heavy (non-hydrogen) atoms. The van der Waals surface area contributed by atoms with Gasteiger partial charge in [-0.15, -0.1) is 0 Å². The molecule has 7 unspecified atom stereocenters. The largest absolute Gasteiger partial charge is 0.394 e. The first-order chi connectivity index (χ1) is 35.3. The van der Waals surface area contributed by atoms with Crippen molar-refractivity contribution in [3.8, 4) is 0 Å². The Hall–Kier alpha value is -1.85. The lowest BCUT2D eigenvalue weighted by Gasteiger charge is -2.40. The fourth-order valence-electron chi connectivity index (χ4n) is 9.72. The summed E-state index contributed by atoms with van der Waals surface area (Å²) in [5.41, 5.74) is 0. The SMILES string of the molecule is CCCCCCCCC/C=C/CC/C=C/CC/C=C/C(O)C(COC1OC(CO)C(O)C(O)C1O)NC(=O)CCCCCCCCCCCCCCCCCC/C=C\CCCCCCCCCCCCCC. The van der Waals surface area contributed by atoms with E-state index in [-0.39, 0.29) is 12.5 Å². The molecule has 1 amide bonds. The normalized spacial score (nSPS) is 19.5. The van der Waals surface area contributed by atoms with E-state index in [2.05, 4.69) is 55.6 Å². The van der Waals surface area contributed by atoms with Gasteiger partial charge in [-0.2, -0.15) is 0 Å². The molecule has 0 aromatic heterocycles. The Bertz CT molecular complexity index is 1270. The number of aliphatic hydroxyl groups is 5. The summed E-state index contributed by atoms with van der Waals surface area (Å²) in [5.74, 6) is -0.188. The third-order valence-electron chi connectivity index (χ3n) is 14.6. The summed E-state index contributed by atoms with van der Waals surface area (Å²) in [6, 6.07) is -0.828. The van der Waals surface area contributed by atoms with Gasteiger partial charge in [-0.3, -0.25) is 4.79 Å². The van der Waals surface area contributed by atoms with Crippen LogP contribution >= 0.6 is 0 Å². The summed E-state index contributed by atoms with van der Waals surface area (Å²) in [7, 11) is 0. The number of unbranched alkanes of at least 4 members (excludes halogenated alkanes) is 37. The smallest absolute Gasteiger partial charge is 0.220 e. The summed E-state index contributed by atoms with van der Waals surface area (Å²) in [6.07, 6.45) is 63.4. The van der Waals surface area contributed by atoms with Crippen LogP contribution < -0.4 is 5.32 Å². The maximum Gasteiger partial charge on any atom is 0.220 e. The number of aliphatic hydroxyl groups excluding tert-OH is 5. The summed E-state index contributed by atoms with van der Waals surface area (Å²) >= 11 is 0. The molecule has 0 radical (unpaired) electrons. The third kappa shape index (κ3) is 41.4. The molecule has 1 rings (SSSR count). The third-order valence-corrected chi connectivity index (χ3v) is 14.6. The monoisotopic (exact) mass is 1020 g/mol. The zero-order valence-corrected chi connectivity index (χ0v) is 46.9. The van der Waals surface area contributed by atoms with Gasteiger partial charge in [0.1, 0.15) is 24.4 Å². The Morgan fingerprint density at radius 3 is 1.17 bits per heavy atom. The zero-order chi connectivity index (χ0) is 52.2. The molecule has 1 aliphatic rings. The molecule has 1 saturated heterocycles. The second kappa shape index (κ2) is 52.6. The minimum atomic E-state index is -1.57. The zero-order valence-electron chi connectivity index (χ0n) is 46.9. The number of hydrogen-bond acceptors (Lipinski definition) is 8. The van der Waals surface area contributed by atoms with E-state index in [0.717, 1.165) is 44.9 Å². The molecule has 422 valence electrons. The highest BCUT2D eigenvalue weighted by Gasteiger charge is 2.44. The standard InChI is InChI=1S/C63H117NO8/c1-3-5-7-9-11-13-15-17-19-21-22-23-24-25-26-27-28-29-30-31-32-33-34-35-37-39-41-43-45-47-49-51-53-59(67)64-56(55-71-63-62(70)61(69)60(68)58(54-65)72-63)57(66)52-50-48-46-44-42-40-38-36-20-18-16-14-12-10-8-6-4-2/h20,25-26,36,42,44,50,52,56-58,60-63,65-66,68-70H,3-19,21-24,27-35,37-41,43,45-49,51,53-55H2,1-2H3,(H,64,67)/b26-25-,36-20+,44-42+,52-50+. The van der Waals surface area contributed by atoms with Crippen LogP contribution in [0, 0.1) is 0 Å². The lowest BCUT2D eigenvalue weighted by atomic mass is 9.99. The number of ether oxygens (including phenoxy) is 2. The molecular formula is C63H117NO8. The van der Waals surface area contributed by atoms with Crippen LogP contribution in [-0.2, 0) is 14.3 Å². The number of nitrogens with one attached hydrogen (secondary N) is 1. The summed E-state index contributed by atoms with van der Waals surface area (Å²) in [4.78, 5) is 13.1. The summed E-state index contributed by atoms with van der Waals surface area (Å²) in [5, 5.41) is 54.5. The fourth-order valence-corrected chi connectivity index (χ4v) is 9.72. The number of carbonyl (C=O) groups is 1. The average Bonchev–Trinajstić information content (AvgIpc) is 3.38. The molecule has 0 spiro atoms. The van der Waals surface area contributed by atoms with Crippen LogP contribution in [0.25, 0.3) is 0 Å². The number of carbonyl (C=O) groups excluding carboxylic acids is 1. The van der Waals surface area contributed by atoms with Crippen molar-refractivity contribution in [2.45, 2.75) is 333 Å². The fraction of sp³-hybridized carbons (Fsp3) is 0.857. The number of rotatable bonds is 53. The van der Waals surface area contributed by atoms with Crippen LogP contribution in [0.15, 0.2) is 48.6 Å². The first kappa shape index (κ1) is 68.2. The number of hydrogen-bond donors (Lipinski definition) is 6. The number of allylic oxidation sites excluding steroid dienone is 7. The molecular weight excluding hydrogens is 899 g/mol. The highest BCUT2D eigenvalue weighted by Crippen LogP contribution is 2.23. The van der Waals surface area contributed by atoms with E-state index in [9.17, 15) is 30.3 Å². The molecule has 0 saturated carbocycles. The van der Waals surface area contributed by atoms with Gasteiger partial charge in [-0.05, 0) is 70.6 Å². The molecule has 1 fully saturated rings. The minimum absolute atomic E-state index is 0.188. The highest BCUT2D eigenvalue weighted by molar-refractivity contribution is 5.76. The highest BCUT2D eigenvalue weighted by atomic mass is 16.7. The molecule has 1 heterocycles. The van der Waals surface area contributed by atoms with Gasteiger partial charge in [0.2, 0.25) is 5.91 Å². The Balaban J connectivity index is 2.15. The Labute approximate surface area is 444 Å². The van der Waals surface area contributed by atoms with Gasteiger partial charge in [-0.1, -0.05) is 262 Å². The van der Waals surface area contributed by atoms with Gasteiger partial charge in [0, 0.05) is 6.42 Å². The molecule has 0 aliphatic carbocycles. The van der Waals surface area contributed by atoms with Gasteiger partial charge in [0.05, 0.1) is 25.4 Å². The van der Waals surface area contributed by atoms with Gasteiger partial charge in [0.25, 0.3) is 0 Å². The molecule has 9 nitrogen and oxygen atoms in total. The lowest BCUT2D eigenvalue weighted by molar-refractivity contribution is -0.302. The lowest BCUT2D eigenvalue weighted by Crippen LogP contribution is -2.60.